The highest BCUT2D eigenvalue weighted by Gasteiger charge is 2.69. The summed E-state index contributed by atoms with van der Waals surface area (Å²) in [5, 5.41) is 3.61. The maximum Gasteiger partial charge on any atom is 0.0694 e. The number of ether oxygens (including phenoxy) is 1. The van der Waals surface area contributed by atoms with Crippen LogP contribution in [0.15, 0.2) is 0 Å². The van der Waals surface area contributed by atoms with E-state index in [1.54, 1.807) is 0 Å². The van der Waals surface area contributed by atoms with Gasteiger partial charge in [0.1, 0.15) is 0 Å². The van der Waals surface area contributed by atoms with Gasteiger partial charge in [-0.2, -0.15) is 0 Å². The first kappa shape index (κ1) is 13.4. The lowest BCUT2D eigenvalue weighted by Crippen LogP contribution is -2.33. The zero-order valence-electron chi connectivity index (χ0n) is 12.4. The molecule has 1 heterocycles. The maximum absolute atomic E-state index is 6.24. The molecule has 2 heteroatoms. The first-order chi connectivity index (χ1) is 7.69. The van der Waals surface area contributed by atoms with Crippen molar-refractivity contribution in [2.45, 2.75) is 65.6 Å². The molecular weight excluding hydrogens is 210 g/mol. The summed E-state index contributed by atoms with van der Waals surface area (Å²) in [6.07, 6.45) is 2.57. The van der Waals surface area contributed by atoms with E-state index in [4.69, 9.17) is 4.74 Å². The van der Waals surface area contributed by atoms with Gasteiger partial charge in [0.2, 0.25) is 0 Å². The molecule has 1 N–H and O–H groups in total. The van der Waals surface area contributed by atoms with E-state index in [2.05, 4.69) is 46.9 Å². The van der Waals surface area contributed by atoms with Crippen LogP contribution in [0.25, 0.3) is 0 Å². The van der Waals surface area contributed by atoms with Gasteiger partial charge in [0.25, 0.3) is 0 Å². The summed E-state index contributed by atoms with van der Waals surface area (Å²) >= 11 is 0. The maximum atomic E-state index is 6.24. The molecule has 1 spiro atoms. The van der Waals surface area contributed by atoms with Gasteiger partial charge in [-0.15, -0.1) is 0 Å². The van der Waals surface area contributed by atoms with Crippen LogP contribution in [0.4, 0.5) is 0 Å². The van der Waals surface area contributed by atoms with Crippen molar-refractivity contribution in [3.8, 4) is 0 Å². The Morgan fingerprint density at radius 1 is 1.24 bits per heavy atom. The molecule has 2 atom stereocenters. The minimum Gasteiger partial charge on any atom is -0.369 e. The molecular formula is C15H29NO. The summed E-state index contributed by atoms with van der Waals surface area (Å²) in [4.78, 5) is 0. The Hall–Kier alpha value is -0.0800. The summed E-state index contributed by atoms with van der Waals surface area (Å²) < 4.78 is 6.24. The summed E-state index contributed by atoms with van der Waals surface area (Å²) in [5.74, 6) is 1.56. The van der Waals surface area contributed by atoms with Crippen LogP contribution in [0.1, 0.15) is 54.4 Å². The summed E-state index contributed by atoms with van der Waals surface area (Å²) in [6.45, 7) is 15.9. The molecule has 1 saturated heterocycles. The Morgan fingerprint density at radius 3 is 2.35 bits per heavy atom. The van der Waals surface area contributed by atoms with Gasteiger partial charge in [-0.3, -0.25) is 0 Å². The molecule has 2 rings (SSSR count). The molecule has 2 unspecified atom stereocenters. The Labute approximate surface area is 107 Å². The largest absolute Gasteiger partial charge is 0.369 e. The van der Waals surface area contributed by atoms with Crippen LogP contribution in [-0.4, -0.2) is 24.3 Å². The van der Waals surface area contributed by atoms with Crippen molar-refractivity contribution in [2.75, 3.05) is 13.1 Å². The van der Waals surface area contributed by atoms with Crippen molar-refractivity contribution in [3.63, 3.8) is 0 Å². The zero-order chi connectivity index (χ0) is 12.9. The summed E-state index contributed by atoms with van der Waals surface area (Å²) in [7, 11) is 0. The van der Waals surface area contributed by atoms with Gasteiger partial charge < -0.3 is 10.1 Å². The smallest absolute Gasteiger partial charge is 0.0694 e. The highest BCUT2D eigenvalue weighted by atomic mass is 16.5. The van der Waals surface area contributed by atoms with Crippen molar-refractivity contribution in [1.82, 2.24) is 5.32 Å². The first-order valence-corrected chi connectivity index (χ1v) is 7.09. The monoisotopic (exact) mass is 239 g/mol. The quantitative estimate of drug-likeness (QED) is 0.813. The van der Waals surface area contributed by atoms with Crippen LogP contribution < -0.4 is 5.32 Å². The molecule has 0 radical (unpaired) electrons. The van der Waals surface area contributed by atoms with Crippen LogP contribution in [-0.2, 0) is 4.74 Å². The molecule has 2 nitrogen and oxygen atoms in total. The third kappa shape index (κ3) is 2.39. The molecule has 0 aromatic carbocycles. The van der Waals surface area contributed by atoms with E-state index in [1.165, 1.54) is 19.4 Å². The minimum atomic E-state index is 0.0562. The summed E-state index contributed by atoms with van der Waals surface area (Å²) in [6, 6.07) is 0. The number of hydrogen-bond acceptors (Lipinski definition) is 2. The van der Waals surface area contributed by atoms with Gasteiger partial charge in [-0.05, 0) is 65.5 Å². The fourth-order valence-electron chi connectivity index (χ4n) is 3.95. The standard InChI is InChI=1S/C15H29NO/c1-11(2)8-16-9-12-7-15(12)10-13(3,4)17-14(15,5)6/h11-12,16H,7-10H2,1-6H3. The lowest BCUT2D eigenvalue weighted by Gasteiger charge is -2.28. The first-order valence-electron chi connectivity index (χ1n) is 7.09. The topological polar surface area (TPSA) is 21.3 Å². The molecule has 100 valence electrons. The molecule has 1 aliphatic heterocycles. The number of nitrogens with one attached hydrogen (secondary N) is 1. The van der Waals surface area contributed by atoms with Crippen molar-refractivity contribution < 1.29 is 4.74 Å². The predicted molar refractivity (Wildman–Crippen MR) is 72.1 cm³/mol. The molecule has 2 fully saturated rings. The number of rotatable bonds is 4. The molecule has 17 heavy (non-hydrogen) atoms. The second kappa shape index (κ2) is 3.96. The SMILES string of the molecule is CC(C)CNCC1CC12CC(C)(C)OC2(C)C. The van der Waals surface area contributed by atoms with Crippen molar-refractivity contribution in [2.24, 2.45) is 17.3 Å². The molecule has 2 aliphatic rings. The minimum absolute atomic E-state index is 0.0562. The van der Waals surface area contributed by atoms with Gasteiger partial charge in [0.05, 0.1) is 11.2 Å². The lowest BCUT2D eigenvalue weighted by atomic mass is 9.82. The fourth-order valence-corrected chi connectivity index (χ4v) is 3.95. The number of hydrogen-bond donors (Lipinski definition) is 1. The normalized spacial score (nSPS) is 37.9. The van der Waals surface area contributed by atoms with Crippen LogP contribution in [0.2, 0.25) is 0 Å². The fraction of sp³-hybridized carbons (Fsp3) is 1.00. The van der Waals surface area contributed by atoms with E-state index in [9.17, 15) is 0 Å². The van der Waals surface area contributed by atoms with Crippen LogP contribution in [0.3, 0.4) is 0 Å². The third-order valence-electron chi connectivity index (χ3n) is 4.65. The Bertz CT molecular complexity index is 295. The van der Waals surface area contributed by atoms with E-state index in [1.807, 2.05) is 0 Å². The van der Waals surface area contributed by atoms with Crippen molar-refractivity contribution in [1.29, 1.82) is 0 Å². The highest BCUT2D eigenvalue weighted by Crippen LogP contribution is 2.69. The third-order valence-corrected chi connectivity index (χ3v) is 4.65. The molecule has 1 aliphatic carbocycles. The zero-order valence-corrected chi connectivity index (χ0v) is 12.4. The molecule has 1 saturated carbocycles. The second-order valence-corrected chi connectivity index (χ2v) is 7.66. The van der Waals surface area contributed by atoms with E-state index in [0.29, 0.717) is 5.41 Å². The van der Waals surface area contributed by atoms with Crippen molar-refractivity contribution in [3.05, 3.63) is 0 Å². The van der Waals surface area contributed by atoms with E-state index in [0.717, 1.165) is 18.4 Å². The highest BCUT2D eigenvalue weighted by molar-refractivity contribution is 5.18. The molecule has 0 aromatic rings. The van der Waals surface area contributed by atoms with E-state index < -0.39 is 0 Å². The predicted octanol–water partition coefficient (Wildman–Crippen LogP) is 3.22. The van der Waals surface area contributed by atoms with Crippen molar-refractivity contribution >= 4 is 0 Å². The average molecular weight is 239 g/mol. The van der Waals surface area contributed by atoms with Gasteiger partial charge in [0.15, 0.2) is 0 Å². The Kier molecular flexibility index (Phi) is 3.11. The molecule has 0 aromatic heterocycles. The Balaban J connectivity index is 1.91. The van der Waals surface area contributed by atoms with Gasteiger partial charge >= 0.3 is 0 Å². The summed E-state index contributed by atoms with van der Waals surface area (Å²) in [5.41, 5.74) is 0.567. The van der Waals surface area contributed by atoms with Crippen LogP contribution in [0, 0.1) is 17.3 Å². The van der Waals surface area contributed by atoms with Gasteiger partial charge in [-0.25, -0.2) is 0 Å². The van der Waals surface area contributed by atoms with E-state index in [-0.39, 0.29) is 11.2 Å². The van der Waals surface area contributed by atoms with Gasteiger partial charge in [0, 0.05) is 5.41 Å². The Morgan fingerprint density at radius 2 is 1.88 bits per heavy atom. The van der Waals surface area contributed by atoms with Crippen LogP contribution >= 0.6 is 0 Å². The van der Waals surface area contributed by atoms with Gasteiger partial charge in [-0.1, -0.05) is 13.8 Å². The van der Waals surface area contributed by atoms with Crippen LogP contribution in [0.5, 0.6) is 0 Å². The lowest BCUT2D eigenvalue weighted by molar-refractivity contribution is -0.0798. The average Bonchev–Trinajstić information content (AvgIpc) is 2.71. The molecule has 0 bridgehead atoms. The second-order valence-electron chi connectivity index (χ2n) is 7.66. The molecule has 0 amide bonds. The van der Waals surface area contributed by atoms with E-state index >= 15 is 0 Å².